The van der Waals surface area contributed by atoms with Gasteiger partial charge in [-0.1, -0.05) is 30.3 Å². The molecule has 0 heterocycles. The van der Waals surface area contributed by atoms with Crippen LogP contribution in [0.15, 0.2) is 30.3 Å². The van der Waals surface area contributed by atoms with Gasteiger partial charge in [-0.05, 0) is 5.56 Å². The maximum Gasteiger partial charge on any atom is 0.326 e. The van der Waals surface area contributed by atoms with E-state index < -0.39 is 30.6 Å². The second kappa shape index (κ2) is 3.86. The van der Waals surface area contributed by atoms with Crippen molar-refractivity contribution in [2.45, 2.75) is 4.58 Å². The van der Waals surface area contributed by atoms with Crippen LogP contribution >= 0.6 is 0 Å². The smallest absolute Gasteiger partial charge is 0.193 e. The molecule has 8 heteroatoms. The molecule has 0 aliphatic heterocycles. The standard InChI is InChI=1S/C7H6F2O4S2/c8-14(10,11)7(15(9,12)13)6-4-2-1-3-5-6/h1-5,7H. The summed E-state index contributed by atoms with van der Waals surface area (Å²) in [6.07, 6.45) is 0. The number of rotatable bonds is 3. The highest BCUT2D eigenvalue weighted by molar-refractivity contribution is 8.03. The molecular formula is C7H6F2O4S2. The predicted molar refractivity (Wildman–Crippen MR) is 49.2 cm³/mol. The van der Waals surface area contributed by atoms with Crippen LogP contribution in [0.3, 0.4) is 0 Å². The summed E-state index contributed by atoms with van der Waals surface area (Å²) in [5.74, 6) is 0. The lowest BCUT2D eigenvalue weighted by Crippen LogP contribution is -2.15. The third-order valence-corrected chi connectivity index (χ3v) is 4.53. The van der Waals surface area contributed by atoms with Crippen LogP contribution in [-0.4, -0.2) is 16.8 Å². The molecule has 0 bridgehead atoms. The molecule has 1 aromatic rings. The number of halogens is 2. The third-order valence-electron chi connectivity index (χ3n) is 1.58. The first-order valence-electron chi connectivity index (χ1n) is 3.65. The lowest BCUT2D eigenvalue weighted by Gasteiger charge is -2.07. The van der Waals surface area contributed by atoms with Gasteiger partial charge in [-0.15, -0.1) is 7.77 Å². The molecule has 1 rings (SSSR count). The zero-order valence-electron chi connectivity index (χ0n) is 7.17. The van der Waals surface area contributed by atoms with E-state index in [1.165, 1.54) is 18.2 Å². The third kappa shape index (κ3) is 2.96. The van der Waals surface area contributed by atoms with Gasteiger partial charge in [0.05, 0.1) is 0 Å². The predicted octanol–water partition coefficient (Wildman–Crippen LogP) is 1.28. The zero-order chi connectivity index (χ0) is 11.7. The number of benzene rings is 1. The first-order valence-corrected chi connectivity index (χ1v) is 6.54. The van der Waals surface area contributed by atoms with Crippen LogP contribution in [0, 0.1) is 0 Å². The summed E-state index contributed by atoms with van der Waals surface area (Å²) < 4.78 is 64.3. The Bertz CT molecular complexity index is 504. The van der Waals surface area contributed by atoms with Crippen LogP contribution in [0.4, 0.5) is 7.77 Å². The van der Waals surface area contributed by atoms with E-state index in [9.17, 15) is 24.6 Å². The van der Waals surface area contributed by atoms with Gasteiger partial charge in [-0.3, -0.25) is 0 Å². The van der Waals surface area contributed by atoms with E-state index in [1.54, 1.807) is 0 Å². The van der Waals surface area contributed by atoms with Gasteiger partial charge >= 0.3 is 20.4 Å². The molecule has 0 unspecified atom stereocenters. The molecule has 0 aromatic heterocycles. The molecule has 0 aliphatic carbocycles. The summed E-state index contributed by atoms with van der Waals surface area (Å²) in [4.78, 5) is 0. The van der Waals surface area contributed by atoms with Crippen LogP contribution < -0.4 is 0 Å². The molecule has 4 nitrogen and oxygen atoms in total. The molecule has 0 amide bonds. The lowest BCUT2D eigenvalue weighted by molar-refractivity contribution is 0.527. The minimum Gasteiger partial charge on any atom is -0.193 e. The molecule has 15 heavy (non-hydrogen) atoms. The van der Waals surface area contributed by atoms with Crippen molar-refractivity contribution >= 4 is 20.4 Å². The largest absolute Gasteiger partial charge is 0.326 e. The Labute approximate surface area is 86.0 Å². The molecule has 84 valence electrons. The summed E-state index contributed by atoms with van der Waals surface area (Å²) in [5.41, 5.74) is -0.470. The van der Waals surface area contributed by atoms with Gasteiger partial charge < -0.3 is 0 Å². The summed E-state index contributed by atoms with van der Waals surface area (Å²) in [6.45, 7) is 0. The minimum absolute atomic E-state index is 0.470. The second-order valence-corrected chi connectivity index (χ2v) is 5.84. The minimum atomic E-state index is -5.54. The fourth-order valence-corrected chi connectivity index (χ4v) is 3.14. The molecule has 0 aliphatic rings. The van der Waals surface area contributed by atoms with Gasteiger partial charge in [0.15, 0.2) is 0 Å². The first kappa shape index (κ1) is 12.1. The Balaban J connectivity index is 3.41. The van der Waals surface area contributed by atoms with Crippen LogP contribution in [0.1, 0.15) is 10.1 Å². The summed E-state index contributed by atoms with van der Waals surface area (Å²) in [7, 11) is -11.1. The maximum atomic E-state index is 12.6. The van der Waals surface area contributed by atoms with Crippen molar-refractivity contribution < 1.29 is 24.6 Å². The van der Waals surface area contributed by atoms with Crippen molar-refractivity contribution in [2.75, 3.05) is 0 Å². The topological polar surface area (TPSA) is 68.3 Å². The summed E-state index contributed by atoms with van der Waals surface area (Å²) >= 11 is 0. The van der Waals surface area contributed by atoms with Gasteiger partial charge in [0.1, 0.15) is 0 Å². The van der Waals surface area contributed by atoms with E-state index in [2.05, 4.69) is 0 Å². The Morgan fingerprint density at radius 1 is 0.867 bits per heavy atom. The van der Waals surface area contributed by atoms with Gasteiger partial charge in [0.2, 0.25) is 4.58 Å². The van der Waals surface area contributed by atoms with Gasteiger partial charge in [-0.25, -0.2) is 0 Å². The molecule has 0 saturated carbocycles. The molecule has 0 saturated heterocycles. The van der Waals surface area contributed by atoms with Crippen LogP contribution in [0.25, 0.3) is 0 Å². The van der Waals surface area contributed by atoms with Crippen molar-refractivity contribution in [2.24, 2.45) is 0 Å². The Morgan fingerprint density at radius 3 is 1.60 bits per heavy atom. The normalized spacial score (nSPS) is 13.0. The van der Waals surface area contributed by atoms with Gasteiger partial charge in [0, 0.05) is 0 Å². The zero-order valence-corrected chi connectivity index (χ0v) is 8.80. The van der Waals surface area contributed by atoms with E-state index in [0.29, 0.717) is 0 Å². The maximum absolute atomic E-state index is 12.6. The van der Waals surface area contributed by atoms with Crippen LogP contribution in [0.2, 0.25) is 0 Å². The van der Waals surface area contributed by atoms with Crippen molar-refractivity contribution in [3.8, 4) is 0 Å². The average Bonchev–Trinajstić information content (AvgIpc) is 2.00. The second-order valence-electron chi connectivity index (χ2n) is 2.69. The monoisotopic (exact) mass is 256 g/mol. The molecular weight excluding hydrogens is 250 g/mol. The fraction of sp³-hybridized carbons (Fsp3) is 0.143. The number of hydrogen-bond acceptors (Lipinski definition) is 4. The van der Waals surface area contributed by atoms with Crippen molar-refractivity contribution in [3.05, 3.63) is 35.9 Å². The van der Waals surface area contributed by atoms with E-state index in [0.717, 1.165) is 12.1 Å². The Morgan fingerprint density at radius 2 is 1.27 bits per heavy atom. The quantitative estimate of drug-likeness (QED) is 0.764. The first-order chi connectivity index (χ1) is 6.73. The fourth-order valence-electron chi connectivity index (χ4n) is 1.07. The van der Waals surface area contributed by atoms with Crippen LogP contribution in [-0.2, 0) is 20.4 Å². The number of hydrogen-bond donors (Lipinski definition) is 0. The van der Waals surface area contributed by atoms with Crippen molar-refractivity contribution in [1.82, 2.24) is 0 Å². The highest BCUT2D eigenvalue weighted by atomic mass is 32.3. The Hall–Kier alpha value is -1.02. The van der Waals surface area contributed by atoms with Crippen molar-refractivity contribution in [1.29, 1.82) is 0 Å². The molecule has 0 fully saturated rings. The Kier molecular flexibility index (Phi) is 3.10. The van der Waals surface area contributed by atoms with E-state index in [1.807, 2.05) is 0 Å². The molecule has 0 atom stereocenters. The molecule has 0 N–H and O–H groups in total. The van der Waals surface area contributed by atoms with E-state index >= 15 is 0 Å². The van der Waals surface area contributed by atoms with Crippen LogP contribution in [0.5, 0.6) is 0 Å². The summed E-state index contributed by atoms with van der Waals surface area (Å²) in [6, 6.07) is 6.03. The molecule has 0 spiro atoms. The molecule has 0 radical (unpaired) electrons. The highest BCUT2D eigenvalue weighted by Gasteiger charge is 2.39. The van der Waals surface area contributed by atoms with E-state index in [-0.39, 0.29) is 0 Å². The van der Waals surface area contributed by atoms with E-state index in [4.69, 9.17) is 0 Å². The summed E-state index contributed by atoms with van der Waals surface area (Å²) in [5, 5.41) is 0. The lowest BCUT2D eigenvalue weighted by atomic mass is 10.2. The average molecular weight is 256 g/mol. The highest BCUT2D eigenvalue weighted by Crippen LogP contribution is 2.30. The SMILES string of the molecule is O=S(=O)(F)C(c1ccccc1)S(=O)(=O)F. The molecule has 1 aromatic carbocycles. The van der Waals surface area contributed by atoms with Crippen molar-refractivity contribution in [3.63, 3.8) is 0 Å². The van der Waals surface area contributed by atoms with Gasteiger partial charge in [0.25, 0.3) is 0 Å². The van der Waals surface area contributed by atoms with Gasteiger partial charge in [-0.2, -0.15) is 16.8 Å².